The third kappa shape index (κ3) is 4.92. The third-order valence-corrected chi connectivity index (χ3v) is 6.91. The molecule has 0 saturated carbocycles. The van der Waals surface area contributed by atoms with Crippen LogP contribution in [0.25, 0.3) is 22.1 Å². The number of aliphatic hydroxyl groups is 2. The maximum atomic E-state index is 12.3. The maximum absolute atomic E-state index is 12.3. The number of nitrogens with one attached hydrogen (secondary N) is 3. The van der Waals surface area contributed by atoms with Gasteiger partial charge < -0.3 is 25.7 Å². The molecule has 3 aromatic heterocycles. The molecule has 1 fully saturated rings. The molecule has 1 saturated heterocycles. The van der Waals surface area contributed by atoms with E-state index in [4.69, 9.17) is 14.7 Å². The van der Waals surface area contributed by atoms with Crippen molar-refractivity contribution in [3.63, 3.8) is 0 Å². The number of aromatic nitrogens is 5. The molecule has 5 rings (SSSR count). The molecule has 1 amide bonds. The average Bonchev–Trinajstić information content (AvgIpc) is 3.53. The maximum Gasteiger partial charge on any atom is 0.362 e. The molecule has 196 valence electrons. The fraction of sp³-hybridized carbons (Fsp3) is 0.333. The first-order valence-electron chi connectivity index (χ1n) is 11.1. The number of ether oxygens (including phenoxy) is 1. The summed E-state index contributed by atoms with van der Waals surface area (Å²) < 4.78 is 38.0. The molecule has 4 aromatic rings. The summed E-state index contributed by atoms with van der Waals surface area (Å²) in [5, 5.41) is 21.8. The lowest BCUT2D eigenvalue weighted by Gasteiger charge is -2.16. The van der Waals surface area contributed by atoms with Crippen molar-refractivity contribution >= 4 is 44.2 Å². The fourth-order valence-electron chi connectivity index (χ4n) is 4.19. The number of benzene rings is 1. The molecule has 0 bridgehead atoms. The number of fused-ring (bicyclic) bond motifs is 2. The number of nitrogens with zero attached hydrogens (tertiary/aromatic N) is 3. The lowest BCUT2D eigenvalue weighted by molar-refractivity contribution is -0.119. The Hall–Kier alpha value is -3.83. The Morgan fingerprint density at radius 2 is 2.05 bits per heavy atom. The summed E-state index contributed by atoms with van der Waals surface area (Å²) in [4.78, 5) is 37.5. The number of aliphatic hydroxyl groups excluding tert-OH is 2. The summed E-state index contributed by atoms with van der Waals surface area (Å²) >= 11 is 0. The van der Waals surface area contributed by atoms with Gasteiger partial charge in [0.1, 0.15) is 18.3 Å². The number of anilines is 1. The van der Waals surface area contributed by atoms with Gasteiger partial charge in [0.25, 0.3) is 5.56 Å². The molecule has 1 aliphatic heterocycles. The highest BCUT2D eigenvalue weighted by molar-refractivity contribution is 7.85. The topological polar surface area (TPSA) is 228 Å². The molecule has 16 heteroatoms. The Balaban J connectivity index is 1.19. The molecule has 0 radical (unpaired) electrons. The van der Waals surface area contributed by atoms with Crippen LogP contribution in [0.5, 0.6) is 0 Å². The number of para-hydroxylation sites is 1. The van der Waals surface area contributed by atoms with E-state index >= 15 is 0 Å². The Labute approximate surface area is 208 Å². The van der Waals surface area contributed by atoms with Gasteiger partial charge in [0.05, 0.1) is 12.9 Å². The number of nitrogens with two attached hydrogens (primary N) is 1. The van der Waals surface area contributed by atoms with Crippen LogP contribution in [0, 0.1) is 0 Å². The number of nitrogen functional groups attached to an aromatic ring is 1. The average molecular weight is 534 g/mol. The monoisotopic (exact) mass is 533 g/mol. The van der Waals surface area contributed by atoms with Crippen LogP contribution in [0.1, 0.15) is 18.2 Å². The second-order valence-corrected chi connectivity index (χ2v) is 9.79. The Morgan fingerprint density at radius 3 is 2.86 bits per heavy atom. The highest BCUT2D eigenvalue weighted by atomic mass is 32.2. The van der Waals surface area contributed by atoms with E-state index in [9.17, 15) is 28.2 Å². The van der Waals surface area contributed by atoms with Crippen molar-refractivity contribution in [3.8, 4) is 0 Å². The summed E-state index contributed by atoms with van der Waals surface area (Å²) in [6, 6.07) is 7.51. The van der Waals surface area contributed by atoms with E-state index < -0.39 is 52.9 Å². The molecule has 4 heterocycles. The molecule has 0 spiro atoms. The number of H-pyrrole nitrogens is 2. The minimum Gasteiger partial charge on any atom is -0.387 e. The number of amides is 1. The molecule has 0 aliphatic carbocycles. The summed E-state index contributed by atoms with van der Waals surface area (Å²) in [6.07, 6.45) is -2.56. The van der Waals surface area contributed by atoms with Crippen molar-refractivity contribution < 1.29 is 32.3 Å². The number of carbonyl (C=O) groups is 1. The summed E-state index contributed by atoms with van der Waals surface area (Å²) in [5.74, 6) is -0.978. The quantitative estimate of drug-likeness (QED) is 0.158. The zero-order valence-corrected chi connectivity index (χ0v) is 19.9. The SMILES string of the molecule is Nc1nc2c(ncn2[C@@H]2O[C@H](COS(=O)(=O)NC(=O)CCc3c[nH]c4ccccc34)C(O)C2O)c(=O)[nH]1. The van der Waals surface area contributed by atoms with Gasteiger partial charge in [-0.15, -0.1) is 0 Å². The van der Waals surface area contributed by atoms with Gasteiger partial charge in [0, 0.05) is 23.5 Å². The Morgan fingerprint density at radius 1 is 1.27 bits per heavy atom. The van der Waals surface area contributed by atoms with Crippen LogP contribution in [0.4, 0.5) is 5.95 Å². The van der Waals surface area contributed by atoms with Gasteiger partial charge in [-0.05, 0) is 18.1 Å². The standard InChI is InChI=1S/C21H23N7O8S/c22-21-25-18-15(19(32)26-21)24-9-28(18)20-17(31)16(30)13(36-20)8-35-37(33,34)27-14(29)6-5-10-7-23-12-4-2-1-3-11(10)12/h1-4,7,9,13,16-17,20,23,30-31H,5-6,8H2,(H,27,29)(H3,22,25,26,32)/t13-,16?,17?,20-/m1/s1. The van der Waals surface area contributed by atoms with E-state index in [2.05, 4.69) is 19.9 Å². The molecule has 1 aromatic carbocycles. The minimum absolute atomic E-state index is 0.00541. The van der Waals surface area contributed by atoms with Crippen LogP contribution >= 0.6 is 0 Å². The van der Waals surface area contributed by atoms with Crippen molar-refractivity contribution in [2.24, 2.45) is 0 Å². The number of aryl methyl sites for hydroxylation is 1. The normalized spacial score (nSPS) is 22.1. The molecule has 2 unspecified atom stereocenters. The molecule has 15 nitrogen and oxygen atoms in total. The van der Waals surface area contributed by atoms with Gasteiger partial charge in [-0.3, -0.25) is 23.3 Å². The predicted molar refractivity (Wildman–Crippen MR) is 128 cm³/mol. The first-order chi connectivity index (χ1) is 17.6. The fourth-order valence-corrected chi connectivity index (χ4v) is 4.94. The number of hydrogen-bond donors (Lipinski definition) is 6. The second-order valence-electron chi connectivity index (χ2n) is 8.44. The zero-order valence-electron chi connectivity index (χ0n) is 19.1. The van der Waals surface area contributed by atoms with Crippen molar-refractivity contribution in [1.29, 1.82) is 0 Å². The molecular formula is C21H23N7O8S. The number of carbonyl (C=O) groups excluding carboxylic acids is 1. The van der Waals surface area contributed by atoms with Crippen LogP contribution < -0.4 is 16.0 Å². The lowest BCUT2D eigenvalue weighted by Crippen LogP contribution is -2.37. The third-order valence-electron chi connectivity index (χ3n) is 5.98. The van der Waals surface area contributed by atoms with Gasteiger partial charge in [-0.1, -0.05) is 18.2 Å². The number of rotatable bonds is 8. The minimum atomic E-state index is -4.53. The van der Waals surface area contributed by atoms with E-state index in [0.29, 0.717) is 6.42 Å². The summed E-state index contributed by atoms with van der Waals surface area (Å²) in [5.41, 5.74) is 6.64. The Kier molecular flexibility index (Phi) is 6.42. The first kappa shape index (κ1) is 24.8. The van der Waals surface area contributed by atoms with Gasteiger partial charge in [-0.2, -0.15) is 13.4 Å². The smallest absolute Gasteiger partial charge is 0.362 e. The first-order valence-corrected chi connectivity index (χ1v) is 12.5. The summed E-state index contributed by atoms with van der Waals surface area (Å²) in [6.45, 7) is -0.706. The van der Waals surface area contributed by atoms with Crippen LogP contribution in [0.15, 0.2) is 41.6 Å². The van der Waals surface area contributed by atoms with E-state index in [1.807, 2.05) is 29.0 Å². The van der Waals surface area contributed by atoms with Gasteiger partial charge in [-0.25, -0.2) is 9.71 Å². The zero-order chi connectivity index (χ0) is 26.3. The van der Waals surface area contributed by atoms with Gasteiger partial charge in [0.15, 0.2) is 17.4 Å². The summed E-state index contributed by atoms with van der Waals surface area (Å²) in [7, 11) is -4.53. The van der Waals surface area contributed by atoms with E-state index in [-0.39, 0.29) is 23.5 Å². The van der Waals surface area contributed by atoms with Crippen LogP contribution in [0.3, 0.4) is 0 Å². The molecule has 37 heavy (non-hydrogen) atoms. The molecular weight excluding hydrogens is 510 g/mol. The molecule has 4 atom stereocenters. The number of imidazole rings is 1. The van der Waals surface area contributed by atoms with Gasteiger partial charge in [0.2, 0.25) is 11.9 Å². The van der Waals surface area contributed by atoms with Crippen molar-refractivity contribution in [3.05, 3.63) is 52.7 Å². The number of aromatic amines is 2. The van der Waals surface area contributed by atoms with E-state index in [1.165, 1.54) is 10.9 Å². The van der Waals surface area contributed by atoms with Gasteiger partial charge >= 0.3 is 10.3 Å². The highest BCUT2D eigenvalue weighted by Crippen LogP contribution is 2.31. The van der Waals surface area contributed by atoms with Crippen molar-refractivity contribution in [2.75, 3.05) is 12.3 Å². The van der Waals surface area contributed by atoms with Crippen LogP contribution in [0.2, 0.25) is 0 Å². The number of hydrogen-bond acceptors (Lipinski definition) is 11. The second kappa shape index (κ2) is 9.56. The molecule has 1 aliphatic rings. The Bertz CT molecular complexity index is 1630. The predicted octanol–water partition coefficient (Wildman–Crippen LogP) is -1.19. The van der Waals surface area contributed by atoms with Crippen LogP contribution in [-0.2, 0) is 30.4 Å². The molecule has 7 N–H and O–H groups in total. The highest BCUT2D eigenvalue weighted by Gasteiger charge is 2.45. The largest absolute Gasteiger partial charge is 0.387 e. The lowest BCUT2D eigenvalue weighted by atomic mass is 10.1. The van der Waals surface area contributed by atoms with Crippen LogP contribution in [-0.4, -0.2) is 74.0 Å². The van der Waals surface area contributed by atoms with Crippen molar-refractivity contribution in [1.82, 2.24) is 29.2 Å². The van der Waals surface area contributed by atoms with Crippen molar-refractivity contribution in [2.45, 2.75) is 37.4 Å². The van der Waals surface area contributed by atoms with E-state index in [1.54, 1.807) is 6.20 Å². The van der Waals surface area contributed by atoms with E-state index in [0.717, 1.165) is 16.5 Å².